The van der Waals surface area contributed by atoms with Crippen LogP contribution in [0.15, 0.2) is 47.0 Å². The molecule has 5 rings (SSSR count). The summed E-state index contributed by atoms with van der Waals surface area (Å²) in [5.74, 6) is -0.230. The Morgan fingerprint density at radius 1 is 1.11 bits per heavy atom. The van der Waals surface area contributed by atoms with Gasteiger partial charge >= 0.3 is 0 Å². The van der Waals surface area contributed by atoms with Gasteiger partial charge in [-0.05, 0) is 69.0 Å². The Kier molecular flexibility index (Phi) is 6.55. The number of hydrogen-bond acceptors (Lipinski definition) is 8. The molecule has 9 nitrogen and oxygen atoms in total. The number of halogens is 1. The normalized spacial score (nSPS) is 22.3. The summed E-state index contributed by atoms with van der Waals surface area (Å²) < 4.78 is 25.8. The second-order valence-electron chi connectivity index (χ2n) is 9.35. The zero-order valence-corrected chi connectivity index (χ0v) is 19.6. The van der Waals surface area contributed by atoms with Gasteiger partial charge in [0.15, 0.2) is 11.9 Å². The predicted octanol–water partition coefficient (Wildman–Crippen LogP) is 3.22. The summed E-state index contributed by atoms with van der Waals surface area (Å²) in [6.45, 7) is 1.73. The van der Waals surface area contributed by atoms with E-state index < -0.39 is 36.1 Å². The molecule has 1 heterocycles. The zero-order chi connectivity index (χ0) is 25.4. The van der Waals surface area contributed by atoms with Gasteiger partial charge in [0.05, 0.1) is 17.8 Å². The van der Waals surface area contributed by atoms with Gasteiger partial charge < -0.3 is 24.8 Å². The number of aliphatic hydroxyl groups excluding tert-OH is 2. The van der Waals surface area contributed by atoms with Crippen molar-refractivity contribution >= 4 is 11.7 Å². The number of amides is 1. The molecule has 0 radical (unpaired) electrons. The molecule has 2 aliphatic rings. The van der Waals surface area contributed by atoms with Gasteiger partial charge in [0.25, 0.3) is 11.8 Å². The van der Waals surface area contributed by atoms with Crippen LogP contribution in [0.2, 0.25) is 0 Å². The minimum absolute atomic E-state index is 0.138. The molecule has 3 N–H and O–H groups in total. The standard InChI is InChI=1S/C26H26FN3O6/c1-13(35-18-7-4-15(5-8-18)23(33)14-2-3-14)26-29-24(30-36-26)16-6-9-19(20(27)10-16)25(34)28-17-11-21(31)22(32)12-17/h4-10,13-14,17,21-22,31-32H,2-3,11-12H2,1H3,(H,28,34)/t13-,17?,21-,22+/m1/s1. The molecule has 2 aromatic carbocycles. The highest BCUT2D eigenvalue weighted by atomic mass is 19.1. The van der Waals surface area contributed by atoms with Crippen LogP contribution in [0.3, 0.4) is 0 Å². The smallest absolute Gasteiger partial charge is 0.267 e. The van der Waals surface area contributed by atoms with Crippen molar-refractivity contribution in [3.05, 3.63) is 65.3 Å². The first-order valence-corrected chi connectivity index (χ1v) is 11.9. The molecule has 0 spiro atoms. The molecule has 2 fully saturated rings. The van der Waals surface area contributed by atoms with Gasteiger partial charge in [-0.15, -0.1) is 0 Å². The number of benzene rings is 2. The van der Waals surface area contributed by atoms with Crippen LogP contribution >= 0.6 is 0 Å². The number of aromatic nitrogens is 2. The number of ketones is 1. The van der Waals surface area contributed by atoms with Crippen molar-refractivity contribution in [1.29, 1.82) is 0 Å². The number of nitrogens with zero attached hydrogens (tertiary/aromatic N) is 2. The van der Waals surface area contributed by atoms with Crippen LogP contribution in [0, 0.1) is 11.7 Å². The Morgan fingerprint density at radius 2 is 1.81 bits per heavy atom. The lowest BCUT2D eigenvalue weighted by molar-refractivity contribution is 0.0438. The predicted molar refractivity (Wildman–Crippen MR) is 125 cm³/mol. The van der Waals surface area contributed by atoms with Crippen molar-refractivity contribution in [3.63, 3.8) is 0 Å². The number of rotatable bonds is 8. The quantitative estimate of drug-likeness (QED) is 0.406. The van der Waals surface area contributed by atoms with Crippen molar-refractivity contribution in [2.75, 3.05) is 0 Å². The van der Waals surface area contributed by atoms with E-state index in [1.165, 1.54) is 12.1 Å². The van der Waals surface area contributed by atoms with Crippen molar-refractivity contribution in [2.45, 2.75) is 57.0 Å². The van der Waals surface area contributed by atoms with E-state index in [1.807, 2.05) is 0 Å². The maximum Gasteiger partial charge on any atom is 0.267 e. The molecular formula is C26H26FN3O6. The molecule has 2 saturated carbocycles. The second kappa shape index (κ2) is 9.79. The van der Waals surface area contributed by atoms with E-state index in [-0.39, 0.29) is 41.8 Å². The molecule has 0 bridgehead atoms. The lowest BCUT2D eigenvalue weighted by Crippen LogP contribution is -2.34. The molecular weight excluding hydrogens is 469 g/mol. The molecule has 4 atom stereocenters. The molecule has 0 saturated heterocycles. The topological polar surface area (TPSA) is 135 Å². The third-order valence-electron chi connectivity index (χ3n) is 6.49. The van der Waals surface area contributed by atoms with E-state index in [2.05, 4.69) is 15.5 Å². The minimum atomic E-state index is -0.905. The number of hydrogen-bond donors (Lipinski definition) is 3. The minimum Gasteiger partial charge on any atom is -0.481 e. The highest BCUT2D eigenvalue weighted by Gasteiger charge is 2.33. The van der Waals surface area contributed by atoms with E-state index in [1.54, 1.807) is 31.2 Å². The number of carbonyl (C=O) groups is 2. The summed E-state index contributed by atoms with van der Waals surface area (Å²) >= 11 is 0. The highest BCUT2D eigenvalue weighted by molar-refractivity contribution is 5.99. The van der Waals surface area contributed by atoms with Crippen LogP contribution in [0.25, 0.3) is 11.4 Å². The summed E-state index contributed by atoms with van der Waals surface area (Å²) in [6, 6.07) is 10.4. The van der Waals surface area contributed by atoms with Gasteiger partial charge in [-0.3, -0.25) is 9.59 Å². The second-order valence-corrected chi connectivity index (χ2v) is 9.35. The summed E-state index contributed by atoms with van der Waals surface area (Å²) in [6.07, 6.45) is -0.0891. The fraction of sp³-hybridized carbons (Fsp3) is 0.385. The van der Waals surface area contributed by atoms with Gasteiger partial charge in [0.1, 0.15) is 11.6 Å². The largest absolute Gasteiger partial charge is 0.481 e. The van der Waals surface area contributed by atoms with E-state index in [9.17, 15) is 24.2 Å². The fourth-order valence-corrected chi connectivity index (χ4v) is 4.26. The maximum absolute atomic E-state index is 14.7. The first kappa shape index (κ1) is 24.1. The third kappa shape index (κ3) is 5.14. The molecule has 1 aromatic heterocycles. The lowest BCUT2D eigenvalue weighted by Gasteiger charge is -2.12. The number of aliphatic hydroxyl groups is 2. The summed E-state index contributed by atoms with van der Waals surface area (Å²) in [7, 11) is 0. The van der Waals surface area contributed by atoms with Crippen molar-refractivity contribution < 1.29 is 33.5 Å². The average molecular weight is 496 g/mol. The Balaban J connectivity index is 1.22. The molecule has 1 amide bonds. The van der Waals surface area contributed by atoms with Crippen LogP contribution < -0.4 is 10.1 Å². The zero-order valence-electron chi connectivity index (χ0n) is 19.6. The Labute approximate surface area is 206 Å². The van der Waals surface area contributed by atoms with Crippen LogP contribution in [0.4, 0.5) is 4.39 Å². The van der Waals surface area contributed by atoms with Gasteiger partial charge in [0.2, 0.25) is 5.82 Å². The molecule has 1 unspecified atom stereocenters. The van der Waals surface area contributed by atoms with Crippen LogP contribution in [0.1, 0.15) is 65.3 Å². The molecule has 188 valence electrons. The van der Waals surface area contributed by atoms with Crippen LogP contribution in [-0.2, 0) is 0 Å². The highest BCUT2D eigenvalue weighted by Crippen LogP contribution is 2.33. The molecule has 0 aliphatic heterocycles. The number of ether oxygens (including phenoxy) is 1. The average Bonchev–Trinajstić information content (AvgIpc) is 3.50. The van der Waals surface area contributed by atoms with Crippen LogP contribution in [0.5, 0.6) is 5.75 Å². The molecule has 2 aliphatic carbocycles. The third-order valence-corrected chi connectivity index (χ3v) is 6.49. The number of nitrogens with one attached hydrogen (secondary N) is 1. The first-order valence-electron chi connectivity index (χ1n) is 11.9. The monoisotopic (exact) mass is 495 g/mol. The van der Waals surface area contributed by atoms with Gasteiger partial charge in [0, 0.05) is 23.1 Å². The van der Waals surface area contributed by atoms with Crippen molar-refractivity contribution in [3.8, 4) is 17.1 Å². The van der Waals surface area contributed by atoms with E-state index in [0.717, 1.165) is 18.9 Å². The molecule has 10 heteroatoms. The summed E-state index contributed by atoms with van der Waals surface area (Å²) in [5, 5.41) is 25.8. The Morgan fingerprint density at radius 3 is 2.44 bits per heavy atom. The van der Waals surface area contributed by atoms with Gasteiger partial charge in [-0.2, -0.15) is 4.98 Å². The van der Waals surface area contributed by atoms with E-state index >= 15 is 0 Å². The lowest BCUT2D eigenvalue weighted by atomic mass is 10.1. The first-order chi connectivity index (χ1) is 17.3. The Bertz CT molecular complexity index is 1260. The van der Waals surface area contributed by atoms with Gasteiger partial charge in [-0.25, -0.2) is 4.39 Å². The van der Waals surface area contributed by atoms with E-state index in [0.29, 0.717) is 16.9 Å². The molecule has 36 heavy (non-hydrogen) atoms. The van der Waals surface area contributed by atoms with Crippen molar-refractivity contribution in [2.24, 2.45) is 5.92 Å². The van der Waals surface area contributed by atoms with E-state index in [4.69, 9.17) is 9.26 Å². The summed E-state index contributed by atoms with van der Waals surface area (Å²) in [4.78, 5) is 28.9. The number of Topliss-reactive ketones (excluding diaryl/α,β-unsaturated/α-hetero) is 1. The fourth-order valence-electron chi connectivity index (χ4n) is 4.26. The van der Waals surface area contributed by atoms with Crippen molar-refractivity contribution in [1.82, 2.24) is 15.5 Å². The maximum atomic E-state index is 14.7. The SMILES string of the molecule is C[C@@H](Oc1ccc(C(=O)C2CC2)cc1)c1nc(-c2ccc(C(=O)NC3C[C@@H](O)[C@@H](O)C3)c(F)c2)no1. The number of carbonyl (C=O) groups excluding carboxylic acids is 2. The van der Waals surface area contributed by atoms with Gasteiger partial charge in [-0.1, -0.05) is 11.2 Å². The van der Waals surface area contributed by atoms with Crippen LogP contribution in [-0.4, -0.2) is 50.3 Å². The molecule has 3 aromatic rings. The summed E-state index contributed by atoms with van der Waals surface area (Å²) in [5.41, 5.74) is 0.815. The Hall–Kier alpha value is -3.63.